The van der Waals surface area contributed by atoms with Crippen LogP contribution >= 0.6 is 0 Å². The molecule has 2 N–H and O–H groups in total. The van der Waals surface area contributed by atoms with Crippen molar-refractivity contribution >= 4 is 10.0 Å². The average Bonchev–Trinajstić information content (AvgIpc) is 2.89. The molecule has 0 atom stereocenters. The highest BCUT2D eigenvalue weighted by Gasteiger charge is 2.21. The van der Waals surface area contributed by atoms with E-state index in [1.165, 1.54) is 0 Å². The van der Waals surface area contributed by atoms with Crippen molar-refractivity contribution in [1.29, 1.82) is 0 Å². The van der Waals surface area contributed by atoms with Crippen LogP contribution in [-0.2, 0) is 16.4 Å². The highest BCUT2D eigenvalue weighted by molar-refractivity contribution is 7.89. The molecule has 0 aliphatic carbocycles. The van der Waals surface area contributed by atoms with Gasteiger partial charge in [0, 0.05) is 13.0 Å². The van der Waals surface area contributed by atoms with Crippen molar-refractivity contribution in [3.05, 3.63) is 35.5 Å². The van der Waals surface area contributed by atoms with Gasteiger partial charge in [-0.25, -0.2) is 13.1 Å². The van der Waals surface area contributed by atoms with Crippen molar-refractivity contribution in [2.45, 2.75) is 25.2 Å². The largest absolute Gasteiger partial charge is 0.469 e. The molecule has 2 aromatic rings. The highest BCUT2D eigenvalue weighted by atomic mass is 32.2. The fourth-order valence-electron chi connectivity index (χ4n) is 1.77. The summed E-state index contributed by atoms with van der Waals surface area (Å²) in [4.78, 5) is 0.224. The van der Waals surface area contributed by atoms with Crippen LogP contribution in [0.4, 0.5) is 0 Å². The van der Waals surface area contributed by atoms with Crippen molar-refractivity contribution in [1.82, 2.24) is 14.9 Å². The van der Waals surface area contributed by atoms with Gasteiger partial charge in [0.2, 0.25) is 10.0 Å². The summed E-state index contributed by atoms with van der Waals surface area (Å²) in [5.74, 6) is 0.748. The molecule has 0 bridgehead atoms. The SMILES string of the molecule is Cc1n[nH]c(C)c1S(=O)(=O)NCCc1ccco1. The first-order valence-electron chi connectivity index (χ1n) is 5.54. The molecule has 0 aliphatic rings. The number of hydrogen-bond acceptors (Lipinski definition) is 4. The summed E-state index contributed by atoms with van der Waals surface area (Å²) in [6, 6.07) is 3.58. The maximum absolute atomic E-state index is 12.1. The normalized spacial score (nSPS) is 11.9. The molecule has 0 aliphatic heterocycles. The third-order valence-electron chi connectivity index (χ3n) is 2.57. The molecule has 2 aromatic heterocycles. The molecular weight excluding hydrogens is 254 g/mol. The summed E-state index contributed by atoms with van der Waals surface area (Å²) in [6.07, 6.45) is 2.08. The Hall–Kier alpha value is -1.60. The van der Waals surface area contributed by atoms with Gasteiger partial charge in [-0.1, -0.05) is 0 Å². The molecule has 7 heteroatoms. The smallest absolute Gasteiger partial charge is 0.244 e. The fourth-order valence-corrected chi connectivity index (χ4v) is 3.17. The molecule has 0 saturated carbocycles. The highest BCUT2D eigenvalue weighted by Crippen LogP contribution is 2.16. The predicted octanol–water partition coefficient (Wildman–Crippen LogP) is 1.14. The van der Waals surface area contributed by atoms with Gasteiger partial charge in [-0.15, -0.1) is 0 Å². The average molecular weight is 269 g/mol. The van der Waals surface area contributed by atoms with E-state index >= 15 is 0 Å². The Kier molecular flexibility index (Phi) is 3.53. The molecule has 2 rings (SSSR count). The van der Waals surface area contributed by atoms with Gasteiger partial charge in [-0.05, 0) is 26.0 Å². The Bertz CT molecular complexity index is 595. The number of nitrogens with one attached hydrogen (secondary N) is 2. The number of nitrogens with zero attached hydrogens (tertiary/aromatic N) is 1. The van der Waals surface area contributed by atoms with Gasteiger partial charge in [0.1, 0.15) is 10.7 Å². The Balaban J connectivity index is 2.04. The van der Waals surface area contributed by atoms with Crippen LogP contribution in [0.2, 0.25) is 0 Å². The van der Waals surface area contributed by atoms with Crippen molar-refractivity contribution in [3.63, 3.8) is 0 Å². The molecule has 0 spiro atoms. The second-order valence-corrected chi connectivity index (χ2v) is 5.69. The van der Waals surface area contributed by atoms with Crippen LogP contribution in [0.25, 0.3) is 0 Å². The number of aromatic nitrogens is 2. The minimum atomic E-state index is -3.52. The van der Waals surface area contributed by atoms with Gasteiger partial charge in [0.15, 0.2) is 0 Å². The number of aryl methyl sites for hydroxylation is 2. The monoisotopic (exact) mass is 269 g/mol. The van der Waals surface area contributed by atoms with Crippen molar-refractivity contribution in [2.24, 2.45) is 0 Å². The number of aromatic amines is 1. The quantitative estimate of drug-likeness (QED) is 0.852. The minimum Gasteiger partial charge on any atom is -0.469 e. The Morgan fingerprint density at radius 1 is 1.44 bits per heavy atom. The number of furan rings is 1. The summed E-state index contributed by atoms with van der Waals surface area (Å²) in [7, 11) is -3.52. The van der Waals surface area contributed by atoms with Crippen LogP contribution in [0.3, 0.4) is 0 Å². The van der Waals surface area contributed by atoms with Crippen LogP contribution in [0.15, 0.2) is 27.7 Å². The molecule has 0 amide bonds. The lowest BCUT2D eigenvalue weighted by Gasteiger charge is -2.05. The molecule has 98 valence electrons. The van der Waals surface area contributed by atoms with Gasteiger partial charge in [0.25, 0.3) is 0 Å². The van der Waals surface area contributed by atoms with E-state index in [1.54, 1.807) is 26.2 Å². The van der Waals surface area contributed by atoms with Crippen molar-refractivity contribution in [3.8, 4) is 0 Å². The van der Waals surface area contributed by atoms with Gasteiger partial charge in [-0.2, -0.15) is 5.10 Å². The maximum atomic E-state index is 12.1. The van der Waals surface area contributed by atoms with Crippen molar-refractivity contribution in [2.75, 3.05) is 6.54 Å². The van der Waals surface area contributed by atoms with Crippen LogP contribution in [0.5, 0.6) is 0 Å². The van der Waals surface area contributed by atoms with E-state index in [-0.39, 0.29) is 4.90 Å². The lowest BCUT2D eigenvalue weighted by Crippen LogP contribution is -2.26. The Morgan fingerprint density at radius 2 is 2.22 bits per heavy atom. The Labute approximate surface area is 105 Å². The zero-order valence-corrected chi connectivity index (χ0v) is 11.0. The topological polar surface area (TPSA) is 88.0 Å². The first-order valence-corrected chi connectivity index (χ1v) is 7.02. The van der Waals surface area contributed by atoms with Crippen molar-refractivity contribution < 1.29 is 12.8 Å². The summed E-state index contributed by atoms with van der Waals surface area (Å²) < 4.78 is 31.8. The fraction of sp³-hybridized carbons (Fsp3) is 0.364. The van der Waals surface area contributed by atoms with Crippen LogP contribution in [0, 0.1) is 13.8 Å². The van der Waals surface area contributed by atoms with Gasteiger partial charge >= 0.3 is 0 Å². The molecular formula is C11H15N3O3S. The molecule has 0 saturated heterocycles. The molecule has 2 heterocycles. The lowest BCUT2D eigenvalue weighted by atomic mass is 10.3. The van der Waals surface area contributed by atoms with E-state index in [0.29, 0.717) is 24.4 Å². The molecule has 0 aromatic carbocycles. The standard InChI is InChI=1S/C11H15N3O3S/c1-8-11(9(2)14-13-8)18(15,16)12-6-5-10-4-3-7-17-10/h3-4,7,12H,5-6H2,1-2H3,(H,13,14). The summed E-state index contributed by atoms with van der Waals surface area (Å²) in [5, 5.41) is 6.54. The third-order valence-corrected chi connectivity index (χ3v) is 4.30. The predicted molar refractivity (Wildman–Crippen MR) is 65.7 cm³/mol. The number of hydrogen-bond donors (Lipinski definition) is 2. The molecule has 6 nitrogen and oxygen atoms in total. The lowest BCUT2D eigenvalue weighted by molar-refractivity contribution is 0.506. The van der Waals surface area contributed by atoms with Gasteiger partial charge < -0.3 is 4.42 Å². The molecule has 0 radical (unpaired) electrons. The van der Waals surface area contributed by atoms with E-state index < -0.39 is 10.0 Å². The third kappa shape index (κ3) is 2.62. The van der Waals surface area contributed by atoms with E-state index in [4.69, 9.17) is 4.42 Å². The number of rotatable bonds is 5. The van der Waals surface area contributed by atoms with Crippen LogP contribution < -0.4 is 4.72 Å². The van der Waals surface area contributed by atoms with Gasteiger partial charge in [-0.3, -0.25) is 5.10 Å². The van der Waals surface area contributed by atoms with E-state index in [9.17, 15) is 8.42 Å². The second kappa shape index (κ2) is 4.95. The van der Waals surface area contributed by atoms with E-state index in [1.807, 2.05) is 6.07 Å². The number of H-pyrrole nitrogens is 1. The number of sulfonamides is 1. The van der Waals surface area contributed by atoms with E-state index in [2.05, 4.69) is 14.9 Å². The zero-order chi connectivity index (χ0) is 13.2. The zero-order valence-electron chi connectivity index (χ0n) is 10.2. The van der Waals surface area contributed by atoms with E-state index in [0.717, 1.165) is 5.76 Å². The molecule has 18 heavy (non-hydrogen) atoms. The second-order valence-electron chi connectivity index (χ2n) is 3.99. The maximum Gasteiger partial charge on any atom is 0.244 e. The first-order chi connectivity index (χ1) is 8.50. The minimum absolute atomic E-state index is 0.224. The summed E-state index contributed by atoms with van der Waals surface area (Å²) in [6.45, 7) is 3.63. The summed E-state index contributed by atoms with van der Waals surface area (Å²) >= 11 is 0. The van der Waals surface area contributed by atoms with Crippen LogP contribution in [-0.4, -0.2) is 25.2 Å². The molecule has 0 unspecified atom stereocenters. The van der Waals surface area contributed by atoms with Crippen LogP contribution in [0.1, 0.15) is 17.1 Å². The van der Waals surface area contributed by atoms with Gasteiger partial charge in [0.05, 0.1) is 17.7 Å². The first kappa shape index (κ1) is 12.8. The Morgan fingerprint density at radius 3 is 2.78 bits per heavy atom. The molecule has 0 fully saturated rings. The summed E-state index contributed by atoms with van der Waals surface area (Å²) in [5.41, 5.74) is 1.01.